The first-order chi connectivity index (χ1) is 11.4. The molecule has 2 heterocycles. The van der Waals surface area contributed by atoms with Crippen LogP contribution in [0.15, 0.2) is 42.6 Å². The minimum Gasteiger partial charge on any atom is -0.406 e. The zero-order chi connectivity index (χ0) is 17.2. The predicted molar refractivity (Wildman–Crippen MR) is 99.3 cm³/mol. The van der Waals surface area contributed by atoms with Crippen molar-refractivity contribution < 1.29 is 17.9 Å². The number of alkyl halides is 3. The van der Waals surface area contributed by atoms with Crippen molar-refractivity contribution in [3.8, 4) is 5.75 Å². The van der Waals surface area contributed by atoms with Crippen molar-refractivity contribution in [1.82, 2.24) is 14.8 Å². The molecule has 0 unspecified atom stereocenters. The van der Waals surface area contributed by atoms with Crippen LogP contribution in [0, 0.1) is 0 Å². The van der Waals surface area contributed by atoms with Crippen LogP contribution in [0.25, 0.3) is 0 Å². The van der Waals surface area contributed by atoms with E-state index in [1.54, 1.807) is 12.1 Å². The molecular formula is C17H22Cl2F3N3O. The van der Waals surface area contributed by atoms with Crippen LogP contribution < -0.4 is 10.1 Å². The molecule has 0 bridgehead atoms. The number of hydrogen-bond donors (Lipinski definition) is 1. The smallest absolute Gasteiger partial charge is 0.406 e. The lowest BCUT2D eigenvalue weighted by atomic mass is 10.0. The summed E-state index contributed by atoms with van der Waals surface area (Å²) in [5.41, 5.74) is 2.06. The van der Waals surface area contributed by atoms with E-state index in [1.807, 2.05) is 29.9 Å². The number of piperazine rings is 1. The van der Waals surface area contributed by atoms with Gasteiger partial charge >= 0.3 is 6.36 Å². The molecule has 9 heteroatoms. The van der Waals surface area contributed by atoms with E-state index in [0.717, 1.165) is 37.4 Å². The van der Waals surface area contributed by atoms with Gasteiger partial charge in [-0.2, -0.15) is 0 Å². The normalized spacial score (nSPS) is 16.3. The molecule has 2 aromatic rings. The van der Waals surface area contributed by atoms with Crippen molar-refractivity contribution in [3.05, 3.63) is 53.9 Å². The molecule has 1 fully saturated rings. The lowest BCUT2D eigenvalue weighted by molar-refractivity contribution is -0.274. The van der Waals surface area contributed by atoms with E-state index in [1.165, 1.54) is 12.1 Å². The van der Waals surface area contributed by atoms with Crippen molar-refractivity contribution in [2.75, 3.05) is 26.2 Å². The van der Waals surface area contributed by atoms with Crippen LogP contribution in [-0.2, 0) is 7.05 Å². The van der Waals surface area contributed by atoms with E-state index in [-0.39, 0.29) is 36.6 Å². The van der Waals surface area contributed by atoms with Crippen molar-refractivity contribution in [1.29, 1.82) is 0 Å². The van der Waals surface area contributed by atoms with Crippen molar-refractivity contribution >= 4 is 24.8 Å². The van der Waals surface area contributed by atoms with Crippen LogP contribution in [0.1, 0.15) is 17.3 Å². The van der Waals surface area contributed by atoms with Gasteiger partial charge in [-0.3, -0.25) is 4.90 Å². The first-order valence-electron chi connectivity index (χ1n) is 7.86. The number of benzene rings is 1. The monoisotopic (exact) mass is 411 g/mol. The Bertz CT molecular complexity index is 671. The molecule has 0 spiro atoms. The topological polar surface area (TPSA) is 29.4 Å². The van der Waals surface area contributed by atoms with E-state index < -0.39 is 6.36 Å². The Balaban J connectivity index is 0.00000169. The van der Waals surface area contributed by atoms with Crippen LogP contribution in [0.3, 0.4) is 0 Å². The highest BCUT2D eigenvalue weighted by molar-refractivity contribution is 5.85. The first-order valence-corrected chi connectivity index (χ1v) is 7.86. The molecule has 0 radical (unpaired) electrons. The number of hydrogen-bond acceptors (Lipinski definition) is 3. The summed E-state index contributed by atoms with van der Waals surface area (Å²) in [4.78, 5) is 2.34. The third-order valence-electron chi connectivity index (χ3n) is 4.21. The van der Waals surface area contributed by atoms with Gasteiger partial charge in [0.05, 0.1) is 6.04 Å². The van der Waals surface area contributed by atoms with E-state index in [0.29, 0.717) is 0 Å². The molecule has 4 nitrogen and oxygen atoms in total. The molecule has 0 aliphatic carbocycles. The fraction of sp³-hybridized carbons (Fsp3) is 0.412. The van der Waals surface area contributed by atoms with E-state index >= 15 is 0 Å². The standard InChI is InChI=1S/C17H20F3N3O.2ClH/c1-22-10-2-3-15(22)16(23-11-8-21-9-12-23)13-4-6-14(7-5-13)24-17(18,19)20;;/h2-7,10,16,21H,8-9,11-12H2,1H3;2*1H/t16-;;/m1../s1. The van der Waals surface area contributed by atoms with Crippen molar-refractivity contribution in [2.45, 2.75) is 12.4 Å². The number of ether oxygens (including phenoxy) is 1. The Morgan fingerprint density at radius 1 is 1.04 bits per heavy atom. The zero-order valence-electron chi connectivity index (χ0n) is 14.2. The molecule has 1 aliphatic heterocycles. The van der Waals surface area contributed by atoms with E-state index in [2.05, 4.69) is 15.0 Å². The molecular weight excluding hydrogens is 390 g/mol. The molecule has 0 amide bonds. The van der Waals surface area contributed by atoms with Gasteiger partial charge in [0.1, 0.15) is 5.75 Å². The van der Waals surface area contributed by atoms with E-state index in [9.17, 15) is 13.2 Å². The Hall–Kier alpha value is -1.41. The Morgan fingerprint density at radius 3 is 2.15 bits per heavy atom. The van der Waals surface area contributed by atoms with Gasteiger partial charge in [-0.15, -0.1) is 38.0 Å². The molecule has 146 valence electrons. The highest BCUT2D eigenvalue weighted by Crippen LogP contribution is 2.31. The number of aryl methyl sites for hydroxylation is 1. The van der Waals surface area contributed by atoms with Gasteiger partial charge in [-0.25, -0.2) is 0 Å². The largest absolute Gasteiger partial charge is 0.573 e. The van der Waals surface area contributed by atoms with Crippen molar-refractivity contribution in [3.63, 3.8) is 0 Å². The predicted octanol–water partition coefficient (Wildman–Crippen LogP) is 3.76. The van der Waals surface area contributed by atoms with Crippen LogP contribution >= 0.6 is 24.8 Å². The quantitative estimate of drug-likeness (QED) is 0.830. The Labute approximate surface area is 163 Å². The van der Waals surface area contributed by atoms with Crippen LogP contribution in [0.5, 0.6) is 5.75 Å². The van der Waals surface area contributed by atoms with E-state index in [4.69, 9.17) is 0 Å². The minimum absolute atomic E-state index is 0. The summed E-state index contributed by atoms with van der Waals surface area (Å²) in [5, 5.41) is 3.32. The maximum absolute atomic E-state index is 12.3. The first kappa shape index (κ1) is 22.6. The second-order valence-electron chi connectivity index (χ2n) is 5.85. The highest BCUT2D eigenvalue weighted by Gasteiger charge is 2.31. The number of nitrogens with zero attached hydrogens (tertiary/aromatic N) is 2. The fourth-order valence-corrected chi connectivity index (χ4v) is 3.12. The zero-order valence-corrected chi connectivity index (χ0v) is 15.8. The van der Waals surface area contributed by atoms with Crippen LogP contribution in [0.2, 0.25) is 0 Å². The van der Waals surface area contributed by atoms with Gasteiger partial charge in [0.15, 0.2) is 0 Å². The molecule has 26 heavy (non-hydrogen) atoms. The van der Waals surface area contributed by atoms with Crippen LogP contribution in [0.4, 0.5) is 13.2 Å². The SMILES string of the molecule is Cl.Cl.Cn1cccc1[C@@H](c1ccc(OC(F)(F)F)cc1)N1CCNCC1. The van der Waals surface area contributed by atoms with Gasteiger partial charge in [0.25, 0.3) is 0 Å². The maximum Gasteiger partial charge on any atom is 0.573 e. The lowest BCUT2D eigenvalue weighted by Crippen LogP contribution is -2.45. The van der Waals surface area contributed by atoms with Gasteiger partial charge in [0.2, 0.25) is 0 Å². The van der Waals surface area contributed by atoms with Gasteiger partial charge in [0, 0.05) is 45.1 Å². The summed E-state index contributed by atoms with van der Waals surface area (Å²) in [6, 6.07) is 10.2. The summed E-state index contributed by atoms with van der Waals surface area (Å²) in [6.07, 6.45) is -2.69. The van der Waals surface area contributed by atoms with Crippen molar-refractivity contribution in [2.24, 2.45) is 7.05 Å². The average Bonchev–Trinajstić information content (AvgIpc) is 2.95. The molecule has 1 saturated heterocycles. The lowest BCUT2D eigenvalue weighted by Gasteiger charge is -2.35. The molecule has 1 N–H and O–H groups in total. The second-order valence-corrected chi connectivity index (χ2v) is 5.85. The van der Waals surface area contributed by atoms with Gasteiger partial charge in [-0.05, 0) is 29.8 Å². The Kier molecular flexibility index (Phi) is 8.27. The summed E-state index contributed by atoms with van der Waals surface area (Å²) in [7, 11) is 1.98. The summed E-state index contributed by atoms with van der Waals surface area (Å²) in [5.74, 6) is -0.197. The Morgan fingerprint density at radius 2 is 1.65 bits per heavy atom. The summed E-state index contributed by atoms with van der Waals surface area (Å²) in [6.45, 7) is 3.57. The maximum atomic E-state index is 12.3. The molecule has 1 aromatic heterocycles. The number of halogens is 5. The average molecular weight is 412 g/mol. The highest BCUT2D eigenvalue weighted by atomic mass is 35.5. The minimum atomic E-state index is -4.67. The summed E-state index contributed by atoms with van der Waals surface area (Å²) >= 11 is 0. The number of aromatic nitrogens is 1. The third kappa shape index (κ3) is 5.54. The molecule has 0 saturated carbocycles. The number of nitrogens with one attached hydrogen (secondary N) is 1. The van der Waals surface area contributed by atoms with Crippen LogP contribution in [-0.4, -0.2) is 42.0 Å². The molecule has 1 aromatic carbocycles. The molecule has 1 aliphatic rings. The van der Waals surface area contributed by atoms with Gasteiger partial charge in [-0.1, -0.05) is 12.1 Å². The fourth-order valence-electron chi connectivity index (χ4n) is 3.12. The molecule has 3 rings (SSSR count). The molecule has 1 atom stereocenters. The number of rotatable bonds is 4. The second kappa shape index (κ2) is 9.50. The summed E-state index contributed by atoms with van der Waals surface area (Å²) < 4.78 is 43.0. The third-order valence-corrected chi connectivity index (χ3v) is 4.21. The van der Waals surface area contributed by atoms with Gasteiger partial charge < -0.3 is 14.6 Å².